The van der Waals surface area contributed by atoms with Gasteiger partial charge < -0.3 is 14.8 Å². The monoisotopic (exact) mass is 426 g/mol. The number of fused-ring (bicyclic) bond motifs is 1. The average molecular weight is 427 g/mol. The Labute approximate surface area is 153 Å². The second-order valence-corrected chi connectivity index (χ2v) is 7.77. The summed E-state index contributed by atoms with van der Waals surface area (Å²) < 4.78 is 38.8. The van der Waals surface area contributed by atoms with E-state index in [0.29, 0.717) is 22.3 Å². The van der Waals surface area contributed by atoms with Crippen LogP contribution in [-0.4, -0.2) is 28.5 Å². The average Bonchev–Trinajstić information content (AvgIpc) is 2.96. The van der Waals surface area contributed by atoms with Gasteiger partial charge in [-0.3, -0.25) is 9.52 Å². The number of amides is 1. The number of carbonyl (C=O) groups excluding carboxylic acids is 1. The first-order valence-corrected chi connectivity index (χ1v) is 9.49. The van der Waals surface area contributed by atoms with Crippen LogP contribution >= 0.6 is 15.9 Å². The number of halogens is 1. The molecule has 25 heavy (non-hydrogen) atoms. The molecule has 1 amide bonds. The Morgan fingerprint density at radius 3 is 2.52 bits per heavy atom. The van der Waals surface area contributed by atoms with Gasteiger partial charge in [0.2, 0.25) is 0 Å². The summed E-state index contributed by atoms with van der Waals surface area (Å²) in [4.78, 5) is 11.9. The van der Waals surface area contributed by atoms with Gasteiger partial charge in [0.05, 0.1) is 25.5 Å². The highest BCUT2D eigenvalue weighted by Crippen LogP contribution is 2.36. The SMILES string of the molecule is COc1cc(Br)c(S(=O)(=O)Nc2cccc3c2C(=O)NC3)cc1OC. The molecule has 1 heterocycles. The van der Waals surface area contributed by atoms with E-state index in [9.17, 15) is 13.2 Å². The summed E-state index contributed by atoms with van der Waals surface area (Å²) >= 11 is 3.24. The number of methoxy groups -OCH3 is 2. The van der Waals surface area contributed by atoms with Crippen LogP contribution in [0.5, 0.6) is 11.5 Å². The maximum atomic E-state index is 12.8. The molecule has 0 aliphatic carbocycles. The normalized spacial score (nSPS) is 13.2. The first-order valence-electron chi connectivity index (χ1n) is 7.22. The van der Waals surface area contributed by atoms with Crippen LogP contribution < -0.4 is 19.5 Å². The highest BCUT2D eigenvalue weighted by Gasteiger charge is 2.27. The predicted molar refractivity (Wildman–Crippen MR) is 95.7 cm³/mol. The van der Waals surface area contributed by atoms with Crippen LogP contribution in [0.1, 0.15) is 15.9 Å². The number of carbonyl (C=O) groups is 1. The lowest BCUT2D eigenvalue weighted by molar-refractivity contribution is 0.0966. The number of anilines is 1. The molecule has 1 aliphatic rings. The summed E-state index contributed by atoms with van der Waals surface area (Å²) in [5.41, 5.74) is 1.31. The van der Waals surface area contributed by atoms with Crippen molar-refractivity contribution in [1.82, 2.24) is 5.32 Å². The smallest absolute Gasteiger partial charge is 0.263 e. The lowest BCUT2D eigenvalue weighted by atomic mass is 10.1. The van der Waals surface area contributed by atoms with E-state index in [4.69, 9.17) is 9.47 Å². The Morgan fingerprint density at radius 2 is 1.84 bits per heavy atom. The third kappa shape index (κ3) is 3.16. The molecule has 0 fully saturated rings. The van der Waals surface area contributed by atoms with Crippen LogP contribution in [0.4, 0.5) is 5.69 Å². The molecule has 3 rings (SSSR count). The first-order chi connectivity index (χ1) is 11.9. The van der Waals surface area contributed by atoms with Gasteiger partial charge in [0.25, 0.3) is 15.9 Å². The second kappa shape index (κ2) is 6.57. The quantitative estimate of drug-likeness (QED) is 0.765. The van der Waals surface area contributed by atoms with Gasteiger partial charge in [-0.1, -0.05) is 12.1 Å². The number of rotatable bonds is 5. The number of sulfonamides is 1. The Morgan fingerprint density at radius 1 is 1.16 bits per heavy atom. The Bertz CT molecular complexity index is 959. The minimum atomic E-state index is -3.96. The zero-order valence-electron chi connectivity index (χ0n) is 13.4. The summed E-state index contributed by atoms with van der Waals surface area (Å²) in [6.45, 7) is 0.379. The van der Waals surface area contributed by atoms with Gasteiger partial charge in [0.15, 0.2) is 11.5 Å². The molecule has 0 bridgehead atoms. The maximum Gasteiger partial charge on any atom is 0.263 e. The van der Waals surface area contributed by atoms with Crippen LogP contribution in [0.25, 0.3) is 0 Å². The van der Waals surface area contributed by atoms with E-state index in [1.807, 2.05) is 0 Å². The largest absolute Gasteiger partial charge is 0.493 e. The molecular formula is C16H15BrN2O5S. The third-order valence-electron chi connectivity index (χ3n) is 3.79. The molecule has 1 aliphatic heterocycles. The highest BCUT2D eigenvalue weighted by atomic mass is 79.9. The van der Waals surface area contributed by atoms with Crippen LogP contribution in [0.3, 0.4) is 0 Å². The fourth-order valence-electron chi connectivity index (χ4n) is 2.61. The number of benzene rings is 2. The van der Waals surface area contributed by atoms with Crippen molar-refractivity contribution in [1.29, 1.82) is 0 Å². The van der Waals surface area contributed by atoms with Gasteiger partial charge >= 0.3 is 0 Å². The number of ether oxygens (including phenoxy) is 2. The minimum absolute atomic E-state index is 0.0267. The van der Waals surface area contributed by atoms with E-state index in [-0.39, 0.29) is 22.2 Å². The van der Waals surface area contributed by atoms with Crippen LogP contribution in [0.15, 0.2) is 39.7 Å². The Hall–Kier alpha value is -2.26. The molecule has 132 valence electrons. The summed E-state index contributed by atoms with van der Waals surface area (Å²) in [5, 5.41) is 2.68. The summed E-state index contributed by atoms with van der Waals surface area (Å²) in [7, 11) is -1.08. The fourth-order valence-corrected chi connectivity index (χ4v) is 4.71. The standard InChI is InChI=1S/C16H15BrN2O5S/c1-23-12-6-10(17)14(7-13(12)24-2)25(21,22)19-11-5-3-4-9-8-18-16(20)15(9)11/h3-7,19H,8H2,1-2H3,(H,18,20). The second-order valence-electron chi connectivity index (χ2n) is 5.27. The fraction of sp³-hybridized carbons (Fsp3) is 0.188. The summed E-state index contributed by atoms with van der Waals surface area (Å²) in [5.74, 6) is 0.370. The van der Waals surface area contributed by atoms with E-state index in [1.54, 1.807) is 18.2 Å². The molecule has 0 atom stereocenters. The molecule has 0 spiro atoms. The molecule has 2 aromatic carbocycles. The highest BCUT2D eigenvalue weighted by molar-refractivity contribution is 9.10. The van der Waals surface area contributed by atoms with Crippen molar-refractivity contribution in [2.45, 2.75) is 11.4 Å². The minimum Gasteiger partial charge on any atom is -0.493 e. The van der Waals surface area contributed by atoms with Gasteiger partial charge in [-0.2, -0.15) is 0 Å². The van der Waals surface area contributed by atoms with E-state index in [0.717, 1.165) is 5.56 Å². The third-order valence-corrected chi connectivity index (χ3v) is 6.11. The molecule has 2 N–H and O–H groups in total. The maximum absolute atomic E-state index is 12.8. The summed E-state index contributed by atoms with van der Waals surface area (Å²) in [6.07, 6.45) is 0. The molecule has 0 saturated carbocycles. The number of nitrogens with one attached hydrogen (secondary N) is 2. The topological polar surface area (TPSA) is 93.7 Å². The number of hydrogen-bond donors (Lipinski definition) is 2. The Kier molecular flexibility index (Phi) is 4.61. The van der Waals surface area contributed by atoms with Crippen LogP contribution in [0.2, 0.25) is 0 Å². The Balaban J connectivity index is 2.05. The molecular weight excluding hydrogens is 412 g/mol. The van der Waals surface area contributed by atoms with Gasteiger partial charge in [0, 0.05) is 17.1 Å². The van der Waals surface area contributed by atoms with E-state index >= 15 is 0 Å². The van der Waals surface area contributed by atoms with Crippen molar-refractivity contribution in [3.8, 4) is 11.5 Å². The van der Waals surface area contributed by atoms with E-state index in [2.05, 4.69) is 26.0 Å². The van der Waals surface area contributed by atoms with E-state index in [1.165, 1.54) is 26.4 Å². The van der Waals surface area contributed by atoms with Crippen molar-refractivity contribution >= 4 is 37.5 Å². The van der Waals surface area contributed by atoms with Crippen molar-refractivity contribution in [3.05, 3.63) is 45.9 Å². The van der Waals surface area contributed by atoms with Crippen LogP contribution in [0, 0.1) is 0 Å². The summed E-state index contributed by atoms with van der Waals surface area (Å²) in [6, 6.07) is 7.89. The van der Waals surface area contributed by atoms with Crippen LogP contribution in [-0.2, 0) is 16.6 Å². The van der Waals surface area contributed by atoms with Gasteiger partial charge in [-0.25, -0.2) is 8.42 Å². The molecule has 0 saturated heterocycles. The predicted octanol–water partition coefficient (Wildman–Crippen LogP) is 2.51. The van der Waals surface area contributed by atoms with Gasteiger partial charge in [-0.15, -0.1) is 0 Å². The molecule has 0 radical (unpaired) electrons. The van der Waals surface area contributed by atoms with Crippen molar-refractivity contribution in [2.24, 2.45) is 0 Å². The van der Waals surface area contributed by atoms with Crippen molar-refractivity contribution < 1.29 is 22.7 Å². The molecule has 0 aromatic heterocycles. The molecule has 0 unspecified atom stereocenters. The van der Waals surface area contributed by atoms with Gasteiger partial charge in [-0.05, 0) is 33.6 Å². The molecule has 7 nitrogen and oxygen atoms in total. The number of hydrogen-bond acceptors (Lipinski definition) is 5. The zero-order valence-corrected chi connectivity index (χ0v) is 15.8. The van der Waals surface area contributed by atoms with Gasteiger partial charge in [0.1, 0.15) is 4.90 Å². The van der Waals surface area contributed by atoms with Crippen molar-refractivity contribution in [2.75, 3.05) is 18.9 Å². The first kappa shape index (κ1) is 17.6. The van der Waals surface area contributed by atoms with Crippen molar-refractivity contribution in [3.63, 3.8) is 0 Å². The lowest BCUT2D eigenvalue weighted by Gasteiger charge is -2.14. The zero-order chi connectivity index (χ0) is 18.2. The lowest BCUT2D eigenvalue weighted by Crippen LogP contribution is -2.18. The van der Waals surface area contributed by atoms with E-state index < -0.39 is 10.0 Å². The molecule has 9 heteroatoms. The molecule has 2 aromatic rings.